The minimum Gasteiger partial charge on any atom is -0.487 e. The second kappa shape index (κ2) is 4.81. The normalized spacial score (nSPS) is 12.7. The number of aliphatic hydroxyl groups is 1. The molecule has 1 N–H and O–H groups in total. The molecule has 0 saturated carbocycles. The number of hydrogen-bond acceptors (Lipinski definition) is 5. The molecule has 6 nitrogen and oxygen atoms in total. The van der Waals surface area contributed by atoms with Crippen LogP contribution in [-0.2, 0) is 20.3 Å². The summed E-state index contributed by atoms with van der Waals surface area (Å²) in [6, 6.07) is 5.35. The van der Waals surface area contributed by atoms with Crippen molar-refractivity contribution in [2.75, 3.05) is 6.79 Å². The quantitative estimate of drug-likeness (QED) is 0.897. The average molecular weight is 262 g/mol. The molecule has 0 spiro atoms. The number of aliphatic hydroxyl groups excluding tert-OH is 1. The van der Waals surface area contributed by atoms with E-state index in [2.05, 4.69) is 5.10 Å². The van der Waals surface area contributed by atoms with Crippen molar-refractivity contribution in [1.82, 2.24) is 9.78 Å². The maximum Gasteiger partial charge on any atom is 0.231 e. The first-order valence-electron chi connectivity index (χ1n) is 5.91. The third-order valence-corrected chi connectivity index (χ3v) is 2.87. The Morgan fingerprint density at radius 3 is 2.84 bits per heavy atom. The summed E-state index contributed by atoms with van der Waals surface area (Å²) in [6.07, 6.45) is 1.85. The number of fused-ring (bicyclic) bond motifs is 1. The summed E-state index contributed by atoms with van der Waals surface area (Å²) >= 11 is 0. The zero-order valence-corrected chi connectivity index (χ0v) is 10.5. The Balaban J connectivity index is 1.80. The molecule has 2 heterocycles. The van der Waals surface area contributed by atoms with Crippen LogP contribution in [0.15, 0.2) is 24.4 Å². The first-order valence-corrected chi connectivity index (χ1v) is 5.91. The van der Waals surface area contributed by atoms with Crippen LogP contribution in [0.5, 0.6) is 17.2 Å². The summed E-state index contributed by atoms with van der Waals surface area (Å²) in [6.45, 7) is 0.422. The minimum absolute atomic E-state index is 0.117. The van der Waals surface area contributed by atoms with Gasteiger partial charge in [-0.25, -0.2) is 0 Å². The fraction of sp³-hybridized carbons (Fsp3) is 0.308. The van der Waals surface area contributed by atoms with E-state index < -0.39 is 0 Å². The lowest BCUT2D eigenvalue weighted by Gasteiger charge is -2.10. The lowest BCUT2D eigenvalue weighted by molar-refractivity contribution is 0.173. The third-order valence-electron chi connectivity index (χ3n) is 2.87. The van der Waals surface area contributed by atoms with E-state index in [-0.39, 0.29) is 13.4 Å². The molecule has 1 aliphatic heterocycles. The molecule has 0 aliphatic carbocycles. The van der Waals surface area contributed by atoms with Gasteiger partial charge in [0.25, 0.3) is 0 Å². The smallest absolute Gasteiger partial charge is 0.231 e. The molecule has 0 radical (unpaired) electrons. The van der Waals surface area contributed by atoms with Crippen LogP contribution in [0.2, 0.25) is 0 Å². The molecule has 1 aromatic carbocycles. The molecule has 0 atom stereocenters. The number of rotatable bonds is 4. The van der Waals surface area contributed by atoms with Gasteiger partial charge in [0.1, 0.15) is 12.4 Å². The van der Waals surface area contributed by atoms with Crippen molar-refractivity contribution < 1.29 is 19.3 Å². The molecule has 19 heavy (non-hydrogen) atoms. The van der Waals surface area contributed by atoms with Crippen molar-refractivity contribution >= 4 is 0 Å². The molecule has 0 saturated heterocycles. The maximum absolute atomic E-state index is 9.35. The van der Waals surface area contributed by atoms with Crippen molar-refractivity contribution in [3.8, 4) is 17.2 Å². The Kier molecular flexibility index (Phi) is 3.00. The molecular formula is C13H14N2O4. The van der Waals surface area contributed by atoms with Crippen molar-refractivity contribution in [3.05, 3.63) is 35.7 Å². The van der Waals surface area contributed by atoms with Crippen LogP contribution < -0.4 is 14.2 Å². The number of aryl methyl sites for hydroxylation is 1. The van der Waals surface area contributed by atoms with Crippen LogP contribution >= 0.6 is 0 Å². The van der Waals surface area contributed by atoms with Gasteiger partial charge in [-0.05, 0) is 12.1 Å². The predicted octanol–water partition coefficient (Wildman–Crippen LogP) is 1.22. The Labute approximate surface area is 110 Å². The van der Waals surface area contributed by atoms with Crippen LogP contribution in [0.25, 0.3) is 0 Å². The third kappa shape index (κ3) is 2.34. The van der Waals surface area contributed by atoms with E-state index >= 15 is 0 Å². The molecule has 0 fully saturated rings. The summed E-state index contributed by atoms with van der Waals surface area (Å²) in [5.41, 5.74) is 1.49. The van der Waals surface area contributed by atoms with E-state index in [0.717, 1.165) is 5.69 Å². The van der Waals surface area contributed by atoms with Crippen LogP contribution in [0, 0.1) is 0 Å². The topological polar surface area (TPSA) is 65.7 Å². The van der Waals surface area contributed by atoms with Crippen LogP contribution in [0.3, 0.4) is 0 Å². The van der Waals surface area contributed by atoms with E-state index in [1.54, 1.807) is 16.8 Å². The number of aromatic nitrogens is 2. The lowest BCUT2D eigenvalue weighted by atomic mass is 10.2. The molecule has 3 rings (SSSR count). The molecule has 2 aromatic rings. The first-order chi connectivity index (χ1) is 9.26. The highest BCUT2D eigenvalue weighted by Crippen LogP contribution is 2.38. The van der Waals surface area contributed by atoms with Gasteiger partial charge >= 0.3 is 0 Å². The van der Waals surface area contributed by atoms with Crippen LogP contribution in [0.1, 0.15) is 11.3 Å². The summed E-state index contributed by atoms with van der Waals surface area (Å²) in [7, 11) is 1.85. The number of ether oxygens (including phenoxy) is 3. The van der Waals surface area contributed by atoms with E-state index in [1.807, 2.05) is 19.3 Å². The number of nitrogens with zero attached hydrogens (tertiary/aromatic N) is 2. The Morgan fingerprint density at radius 1 is 1.37 bits per heavy atom. The molecular weight excluding hydrogens is 248 g/mol. The molecule has 0 unspecified atom stereocenters. The number of hydrogen-bond donors (Lipinski definition) is 1. The zero-order chi connectivity index (χ0) is 13.2. The highest BCUT2D eigenvalue weighted by atomic mass is 16.7. The van der Waals surface area contributed by atoms with Gasteiger partial charge in [-0.2, -0.15) is 5.10 Å². The second-order valence-corrected chi connectivity index (χ2v) is 4.24. The van der Waals surface area contributed by atoms with Crippen molar-refractivity contribution in [1.29, 1.82) is 0 Å². The minimum atomic E-state index is -0.117. The lowest BCUT2D eigenvalue weighted by Crippen LogP contribution is -2.00. The van der Waals surface area contributed by atoms with E-state index in [1.165, 1.54) is 0 Å². The maximum atomic E-state index is 9.35. The summed E-state index contributed by atoms with van der Waals surface area (Å²) in [4.78, 5) is 0. The summed E-state index contributed by atoms with van der Waals surface area (Å²) in [5.74, 6) is 1.85. The molecule has 0 amide bonds. The second-order valence-electron chi connectivity index (χ2n) is 4.24. The first kappa shape index (κ1) is 11.9. The average Bonchev–Trinajstić information content (AvgIpc) is 3.03. The van der Waals surface area contributed by atoms with Gasteiger partial charge in [0.2, 0.25) is 6.79 Å². The highest BCUT2D eigenvalue weighted by Gasteiger charge is 2.17. The Morgan fingerprint density at radius 2 is 2.16 bits per heavy atom. The predicted molar refractivity (Wildman–Crippen MR) is 66.0 cm³/mol. The fourth-order valence-corrected chi connectivity index (χ4v) is 1.92. The fourth-order valence-electron chi connectivity index (χ4n) is 1.92. The number of benzene rings is 1. The summed E-state index contributed by atoms with van der Waals surface area (Å²) in [5, 5.41) is 13.6. The summed E-state index contributed by atoms with van der Waals surface area (Å²) < 4.78 is 17.9. The zero-order valence-electron chi connectivity index (χ0n) is 10.5. The van der Waals surface area contributed by atoms with Gasteiger partial charge in [0, 0.05) is 24.9 Å². The van der Waals surface area contributed by atoms with Gasteiger partial charge < -0.3 is 19.3 Å². The van der Waals surface area contributed by atoms with E-state index in [4.69, 9.17) is 14.2 Å². The van der Waals surface area contributed by atoms with Crippen LogP contribution in [-0.4, -0.2) is 21.7 Å². The van der Waals surface area contributed by atoms with Crippen molar-refractivity contribution in [2.45, 2.75) is 13.2 Å². The van der Waals surface area contributed by atoms with Crippen LogP contribution in [0.4, 0.5) is 0 Å². The van der Waals surface area contributed by atoms with Gasteiger partial charge in [-0.1, -0.05) is 0 Å². The molecule has 6 heteroatoms. The van der Waals surface area contributed by atoms with Crippen molar-refractivity contribution in [2.24, 2.45) is 7.05 Å². The largest absolute Gasteiger partial charge is 0.487 e. The van der Waals surface area contributed by atoms with Crippen molar-refractivity contribution in [3.63, 3.8) is 0 Å². The monoisotopic (exact) mass is 262 g/mol. The standard InChI is InChI=1S/C13H14N2O4/c1-15-3-2-10(14-15)7-17-11-5-13-12(18-8-19-13)4-9(11)6-16/h2-5,16H,6-8H2,1H3. The highest BCUT2D eigenvalue weighted by molar-refractivity contribution is 5.51. The van der Waals surface area contributed by atoms with E-state index in [9.17, 15) is 5.11 Å². The molecule has 100 valence electrons. The van der Waals surface area contributed by atoms with Gasteiger partial charge in [-0.15, -0.1) is 0 Å². The van der Waals surface area contributed by atoms with Gasteiger partial charge in [0.05, 0.1) is 12.3 Å². The van der Waals surface area contributed by atoms with Gasteiger partial charge in [-0.3, -0.25) is 4.68 Å². The van der Waals surface area contributed by atoms with E-state index in [0.29, 0.717) is 29.4 Å². The molecule has 1 aliphatic rings. The Bertz CT molecular complexity index is 594. The molecule has 0 bridgehead atoms. The Hall–Kier alpha value is -2.21. The molecule has 1 aromatic heterocycles. The van der Waals surface area contributed by atoms with Gasteiger partial charge in [0.15, 0.2) is 11.5 Å². The SMILES string of the molecule is Cn1ccc(COc2cc3c(cc2CO)OCO3)n1.